The second-order valence-corrected chi connectivity index (χ2v) is 4.22. The molecule has 0 aromatic heterocycles. The Kier molecular flexibility index (Phi) is 2.37. The van der Waals surface area contributed by atoms with Gasteiger partial charge in [0.1, 0.15) is 0 Å². The molecule has 12 heavy (non-hydrogen) atoms. The highest BCUT2D eigenvalue weighted by atomic mass is 16.5. The second-order valence-electron chi connectivity index (χ2n) is 4.22. The number of ether oxygens (including phenoxy) is 1. The summed E-state index contributed by atoms with van der Waals surface area (Å²) in [5, 5.41) is 3.53. The van der Waals surface area contributed by atoms with Crippen molar-refractivity contribution in [2.24, 2.45) is 0 Å². The van der Waals surface area contributed by atoms with E-state index in [4.69, 9.17) is 4.74 Å². The fourth-order valence-corrected chi connectivity index (χ4v) is 2.14. The Morgan fingerprint density at radius 3 is 2.83 bits per heavy atom. The van der Waals surface area contributed by atoms with E-state index in [9.17, 15) is 0 Å². The third-order valence-electron chi connectivity index (χ3n) is 3.35. The first-order valence-corrected chi connectivity index (χ1v) is 5.13. The molecule has 0 aromatic rings. The lowest BCUT2D eigenvalue weighted by molar-refractivity contribution is 0.0688. The van der Waals surface area contributed by atoms with Crippen LogP contribution in [0.3, 0.4) is 0 Å². The lowest BCUT2D eigenvalue weighted by Crippen LogP contribution is -2.24. The van der Waals surface area contributed by atoms with E-state index in [1.54, 1.807) is 0 Å². The molecular weight excluding hydrogens is 150 g/mol. The summed E-state index contributed by atoms with van der Waals surface area (Å²) in [6.45, 7) is 1.23. The van der Waals surface area contributed by atoms with E-state index in [0.717, 1.165) is 6.04 Å². The highest BCUT2D eigenvalue weighted by molar-refractivity contribution is 4.96. The van der Waals surface area contributed by atoms with E-state index in [2.05, 4.69) is 5.32 Å². The first-order valence-electron chi connectivity index (χ1n) is 5.13. The molecule has 1 unspecified atom stereocenters. The van der Waals surface area contributed by atoms with Gasteiger partial charge in [0.05, 0.1) is 5.60 Å². The van der Waals surface area contributed by atoms with E-state index >= 15 is 0 Å². The number of hydrogen-bond donors (Lipinski definition) is 1. The van der Waals surface area contributed by atoms with Crippen LogP contribution in [0, 0.1) is 0 Å². The molecule has 1 saturated heterocycles. The van der Waals surface area contributed by atoms with E-state index in [-0.39, 0.29) is 0 Å². The monoisotopic (exact) mass is 169 g/mol. The minimum absolute atomic E-state index is 0.310. The Hall–Kier alpha value is -0.0800. The van der Waals surface area contributed by atoms with E-state index < -0.39 is 0 Å². The quantitative estimate of drug-likeness (QED) is 0.691. The van der Waals surface area contributed by atoms with Crippen molar-refractivity contribution in [3.8, 4) is 0 Å². The van der Waals surface area contributed by atoms with E-state index in [1.807, 2.05) is 7.11 Å². The lowest BCUT2D eigenvalue weighted by Gasteiger charge is -2.16. The van der Waals surface area contributed by atoms with Crippen LogP contribution >= 0.6 is 0 Å². The van der Waals surface area contributed by atoms with Crippen LogP contribution in [0.4, 0.5) is 0 Å². The van der Waals surface area contributed by atoms with Gasteiger partial charge in [-0.05, 0) is 45.1 Å². The van der Waals surface area contributed by atoms with Crippen LogP contribution in [0.1, 0.15) is 38.5 Å². The summed E-state index contributed by atoms with van der Waals surface area (Å²) in [5.74, 6) is 0. The molecular formula is C10H19NO. The molecule has 0 radical (unpaired) electrons. The average molecular weight is 169 g/mol. The Balaban J connectivity index is 1.67. The SMILES string of the molecule is COC1(CCC2CCCN2)CC1. The van der Waals surface area contributed by atoms with Crippen molar-refractivity contribution in [2.45, 2.75) is 50.2 Å². The van der Waals surface area contributed by atoms with Crippen molar-refractivity contribution in [1.82, 2.24) is 5.32 Å². The van der Waals surface area contributed by atoms with Gasteiger partial charge < -0.3 is 10.1 Å². The molecule has 0 aromatic carbocycles. The van der Waals surface area contributed by atoms with Gasteiger partial charge in [0, 0.05) is 13.2 Å². The topological polar surface area (TPSA) is 21.3 Å². The summed E-state index contributed by atoms with van der Waals surface area (Å²) < 4.78 is 5.48. The molecule has 70 valence electrons. The van der Waals surface area contributed by atoms with Crippen LogP contribution < -0.4 is 5.32 Å². The van der Waals surface area contributed by atoms with Crippen LogP contribution in [0.15, 0.2) is 0 Å². The molecule has 1 atom stereocenters. The first kappa shape index (κ1) is 8.52. The highest BCUT2D eigenvalue weighted by Gasteiger charge is 2.42. The zero-order valence-electron chi connectivity index (χ0n) is 7.94. The largest absolute Gasteiger partial charge is 0.378 e. The molecule has 2 heteroatoms. The molecule has 0 bridgehead atoms. The summed E-state index contributed by atoms with van der Waals surface area (Å²) >= 11 is 0. The molecule has 1 aliphatic carbocycles. The minimum atomic E-state index is 0.310. The van der Waals surface area contributed by atoms with Crippen molar-refractivity contribution < 1.29 is 4.74 Å². The van der Waals surface area contributed by atoms with Gasteiger partial charge in [-0.15, -0.1) is 0 Å². The van der Waals surface area contributed by atoms with Crippen LogP contribution in [0.2, 0.25) is 0 Å². The van der Waals surface area contributed by atoms with Crippen LogP contribution in [0.25, 0.3) is 0 Å². The predicted octanol–water partition coefficient (Wildman–Crippen LogP) is 1.70. The van der Waals surface area contributed by atoms with Crippen molar-refractivity contribution in [3.05, 3.63) is 0 Å². The molecule has 2 fully saturated rings. The normalized spacial score (nSPS) is 32.2. The van der Waals surface area contributed by atoms with E-state index in [0.29, 0.717) is 5.60 Å². The maximum Gasteiger partial charge on any atom is 0.0681 e. The summed E-state index contributed by atoms with van der Waals surface area (Å²) in [5.41, 5.74) is 0.310. The van der Waals surface area contributed by atoms with Crippen molar-refractivity contribution in [1.29, 1.82) is 0 Å². The third kappa shape index (κ3) is 1.80. The third-order valence-corrected chi connectivity index (χ3v) is 3.35. The standard InChI is InChI=1S/C10H19NO/c1-12-10(6-7-10)5-4-9-3-2-8-11-9/h9,11H,2-8H2,1H3. The first-order chi connectivity index (χ1) is 5.85. The maximum atomic E-state index is 5.48. The molecule has 1 N–H and O–H groups in total. The number of rotatable bonds is 4. The zero-order chi connectivity index (χ0) is 8.44. The van der Waals surface area contributed by atoms with Gasteiger partial charge in [-0.3, -0.25) is 0 Å². The van der Waals surface area contributed by atoms with Gasteiger partial charge in [0.15, 0.2) is 0 Å². The molecule has 0 spiro atoms. The molecule has 2 rings (SSSR count). The molecule has 1 aliphatic heterocycles. The predicted molar refractivity (Wildman–Crippen MR) is 49.2 cm³/mol. The van der Waals surface area contributed by atoms with E-state index in [1.165, 1.54) is 45.1 Å². The molecule has 1 saturated carbocycles. The Morgan fingerprint density at radius 1 is 1.50 bits per heavy atom. The van der Waals surface area contributed by atoms with Gasteiger partial charge in [0.2, 0.25) is 0 Å². The van der Waals surface area contributed by atoms with Crippen molar-refractivity contribution >= 4 is 0 Å². The molecule has 1 heterocycles. The summed E-state index contributed by atoms with van der Waals surface area (Å²) in [6, 6.07) is 0.789. The molecule has 2 aliphatic rings. The number of methoxy groups -OCH3 is 1. The van der Waals surface area contributed by atoms with Crippen LogP contribution in [0.5, 0.6) is 0 Å². The minimum Gasteiger partial charge on any atom is -0.378 e. The maximum absolute atomic E-state index is 5.48. The smallest absolute Gasteiger partial charge is 0.0681 e. The lowest BCUT2D eigenvalue weighted by atomic mass is 10.1. The summed E-state index contributed by atoms with van der Waals surface area (Å²) in [6.07, 6.45) is 7.89. The number of nitrogens with one attached hydrogen (secondary N) is 1. The van der Waals surface area contributed by atoms with Crippen molar-refractivity contribution in [3.63, 3.8) is 0 Å². The number of hydrogen-bond acceptors (Lipinski definition) is 2. The fraction of sp³-hybridized carbons (Fsp3) is 1.00. The highest BCUT2D eigenvalue weighted by Crippen LogP contribution is 2.43. The van der Waals surface area contributed by atoms with Gasteiger partial charge in [-0.1, -0.05) is 0 Å². The second kappa shape index (κ2) is 3.35. The van der Waals surface area contributed by atoms with Crippen LogP contribution in [-0.4, -0.2) is 25.3 Å². The van der Waals surface area contributed by atoms with Crippen molar-refractivity contribution in [2.75, 3.05) is 13.7 Å². The summed E-state index contributed by atoms with van der Waals surface area (Å²) in [7, 11) is 1.86. The van der Waals surface area contributed by atoms with Gasteiger partial charge in [0.25, 0.3) is 0 Å². The van der Waals surface area contributed by atoms with Gasteiger partial charge in [-0.25, -0.2) is 0 Å². The van der Waals surface area contributed by atoms with Crippen LogP contribution in [-0.2, 0) is 4.74 Å². The van der Waals surface area contributed by atoms with Gasteiger partial charge in [-0.2, -0.15) is 0 Å². The molecule has 2 nitrogen and oxygen atoms in total. The Bertz CT molecular complexity index is 148. The van der Waals surface area contributed by atoms with Gasteiger partial charge >= 0.3 is 0 Å². The molecule has 0 amide bonds. The fourth-order valence-electron chi connectivity index (χ4n) is 2.14. The summed E-state index contributed by atoms with van der Waals surface area (Å²) in [4.78, 5) is 0. The zero-order valence-corrected chi connectivity index (χ0v) is 7.94. The Labute approximate surface area is 74.7 Å². The average Bonchev–Trinajstić information content (AvgIpc) is 2.70. The Morgan fingerprint density at radius 2 is 2.33 bits per heavy atom.